The Hall–Kier alpha value is -3.53. The van der Waals surface area contributed by atoms with E-state index < -0.39 is 18.4 Å². The number of aliphatic carboxylic acids is 1. The van der Waals surface area contributed by atoms with Crippen molar-refractivity contribution < 1.29 is 32.5 Å². The topological polar surface area (TPSA) is 81.5 Å². The second-order valence-electron chi connectivity index (χ2n) is 6.26. The zero-order valence-corrected chi connectivity index (χ0v) is 17.6. The normalized spacial score (nSPS) is 14.2. The number of nitrogens with zero attached hydrogens (tertiary/aromatic N) is 2. The fourth-order valence-electron chi connectivity index (χ4n) is 2.28. The number of halogens is 3. The molecule has 32 heavy (non-hydrogen) atoms. The van der Waals surface area contributed by atoms with Crippen molar-refractivity contribution in [1.82, 2.24) is 9.97 Å². The van der Waals surface area contributed by atoms with Crippen molar-refractivity contribution >= 4 is 35.2 Å². The average molecular weight is 464 g/mol. The van der Waals surface area contributed by atoms with Crippen LogP contribution < -0.4 is 4.74 Å². The van der Waals surface area contributed by atoms with Gasteiger partial charge in [-0.1, -0.05) is 36.5 Å². The number of carboxylic acid groups (broad SMARTS) is 1. The Balaban J connectivity index is 0.000000451. The lowest BCUT2D eigenvalue weighted by atomic mass is 10.1. The predicted octanol–water partition coefficient (Wildman–Crippen LogP) is 5.24. The quantitative estimate of drug-likeness (QED) is 0.463. The van der Waals surface area contributed by atoms with Gasteiger partial charge in [-0.2, -0.15) is 13.2 Å². The zero-order chi connectivity index (χ0) is 23.6. The van der Waals surface area contributed by atoms with Gasteiger partial charge in [0.2, 0.25) is 6.29 Å². The first-order chi connectivity index (χ1) is 15.1. The Labute approximate surface area is 187 Å². The summed E-state index contributed by atoms with van der Waals surface area (Å²) in [5.41, 5.74) is 2.01. The highest BCUT2D eigenvalue weighted by Gasteiger charge is 2.38. The van der Waals surface area contributed by atoms with E-state index in [0.29, 0.717) is 11.5 Å². The number of pyridine rings is 2. The molecule has 2 aromatic heterocycles. The van der Waals surface area contributed by atoms with Gasteiger partial charge in [-0.3, -0.25) is 9.97 Å². The van der Waals surface area contributed by atoms with E-state index >= 15 is 0 Å². The lowest BCUT2D eigenvalue weighted by Gasteiger charge is -2.19. The summed E-state index contributed by atoms with van der Waals surface area (Å²) >= 11 is 5.29. The number of allylic oxidation sites excluding steroid dienone is 4. The van der Waals surface area contributed by atoms with Crippen LogP contribution in [0.5, 0.6) is 5.75 Å². The molecule has 0 saturated carbocycles. The molecule has 0 saturated heterocycles. The molecule has 1 unspecified atom stereocenters. The Morgan fingerprint density at radius 1 is 1.16 bits per heavy atom. The van der Waals surface area contributed by atoms with Gasteiger partial charge in [0.15, 0.2) is 0 Å². The van der Waals surface area contributed by atoms with Gasteiger partial charge in [-0.05, 0) is 35.4 Å². The Morgan fingerprint density at radius 3 is 2.44 bits per heavy atom. The Bertz CT molecular complexity index is 1020. The molecule has 0 bridgehead atoms. The van der Waals surface area contributed by atoms with E-state index in [1.54, 1.807) is 24.8 Å². The van der Waals surface area contributed by atoms with Crippen molar-refractivity contribution in [1.29, 1.82) is 0 Å². The summed E-state index contributed by atoms with van der Waals surface area (Å²) in [6.07, 6.45) is 11.9. The number of aromatic nitrogens is 2. The van der Waals surface area contributed by atoms with Crippen LogP contribution in [0.3, 0.4) is 0 Å². The number of hydrogen-bond donors (Lipinski definition) is 1. The smallest absolute Gasteiger partial charge is 0.475 e. The van der Waals surface area contributed by atoms with Gasteiger partial charge in [0.05, 0.1) is 11.1 Å². The number of thiocarbonyl (C=S) groups is 1. The van der Waals surface area contributed by atoms with Gasteiger partial charge < -0.3 is 14.6 Å². The molecule has 0 amide bonds. The van der Waals surface area contributed by atoms with Gasteiger partial charge in [0, 0.05) is 31.9 Å². The molecule has 0 fully saturated rings. The highest BCUT2D eigenvalue weighted by molar-refractivity contribution is 7.80. The third-order valence-corrected chi connectivity index (χ3v) is 4.08. The summed E-state index contributed by atoms with van der Waals surface area (Å²) in [5.74, 6) is -1.43. The van der Waals surface area contributed by atoms with E-state index in [1.807, 2.05) is 55.5 Å². The minimum Gasteiger partial charge on any atom is -0.475 e. The summed E-state index contributed by atoms with van der Waals surface area (Å²) in [6, 6.07) is 5.79. The number of alkyl halides is 3. The molecule has 2 heterocycles. The molecule has 2 aromatic rings. The fraction of sp³-hybridized carbons (Fsp3) is 0.182. The number of carbonyl (C=O) groups is 1. The molecule has 3 rings (SSSR count). The predicted molar refractivity (Wildman–Crippen MR) is 117 cm³/mol. The van der Waals surface area contributed by atoms with Crippen molar-refractivity contribution in [3.63, 3.8) is 0 Å². The van der Waals surface area contributed by atoms with Gasteiger partial charge in [-0.25, -0.2) is 4.79 Å². The van der Waals surface area contributed by atoms with Gasteiger partial charge in [0.25, 0.3) is 0 Å². The number of carboxylic acids is 1. The van der Waals surface area contributed by atoms with E-state index in [1.165, 1.54) is 0 Å². The molecular formula is C22H19F3N2O4S. The lowest BCUT2D eigenvalue weighted by Crippen LogP contribution is -2.21. The Kier molecular flexibility index (Phi) is 9.08. The van der Waals surface area contributed by atoms with Crippen LogP contribution >= 0.6 is 12.2 Å². The summed E-state index contributed by atoms with van der Waals surface area (Å²) < 4.78 is 43.3. The SMILES string of the molecule is CC(OC1=CC=CCC1=S)Oc1cncc(C=Cc2ccncc2)c1.O=C(O)C(F)(F)F. The van der Waals surface area contributed by atoms with Crippen LogP contribution in [0.4, 0.5) is 13.2 Å². The van der Waals surface area contributed by atoms with E-state index in [9.17, 15) is 13.2 Å². The van der Waals surface area contributed by atoms with Crippen LogP contribution in [0.25, 0.3) is 12.2 Å². The highest BCUT2D eigenvalue weighted by Crippen LogP contribution is 2.19. The van der Waals surface area contributed by atoms with E-state index in [0.717, 1.165) is 22.4 Å². The maximum Gasteiger partial charge on any atom is 0.490 e. The van der Waals surface area contributed by atoms with Gasteiger partial charge in [0.1, 0.15) is 11.5 Å². The van der Waals surface area contributed by atoms with Crippen LogP contribution in [0, 0.1) is 0 Å². The molecule has 168 valence electrons. The number of rotatable bonds is 6. The number of ether oxygens (including phenoxy) is 2. The summed E-state index contributed by atoms with van der Waals surface area (Å²) in [5, 5.41) is 7.12. The first kappa shape index (κ1) is 24.7. The van der Waals surface area contributed by atoms with Crippen LogP contribution in [0.15, 0.2) is 67.0 Å². The third kappa shape index (κ3) is 8.68. The van der Waals surface area contributed by atoms with Gasteiger partial charge in [-0.15, -0.1) is 0 Å². The third-order valence-electron chi connectivity index (χ3n) is 3.71. The molecule has 1 aliphatic carbocycles. The molecule has 1 atom stereocenters. The molecular weight excluding hydrogens is 445 g/mol. The largest absolute Gasteiger partial charge is 0.490 e. The standard InChI is InChI=1S/C20H18N2O2S.C2HF3O2/c1-15(24-19-4-2-3-5-20(19)25)23-18-12-17(13-22-14-18)7-6-16-8-10-21-11-9-16;3-2(4,5)1(6)7/h2-4,6-15H,5H2,1H3;(H,6,7). The molecule has 1 aliphatic rings. The zero-order valence-electron chi connectivity index (χ0n) is 16.8. The van der Waals surface area contributed by atoms with Crippen LogP contribution in [0.1, 0.15) is 24.5 Å². The van der Waals surface area contributed by atoms with Crippen LogP contribution in [-0.2, 0) is 9.53 Å². The highest BCUT2D eigenvalue weighted by atomic mass is 32.1. The second kappa shape index (κ2) is 11.8. The van der Waals surface area contributed by atoms with Crippen LogP contribution in [0.2, 0.25) is 0 Å². The monoisotopic (exact) mass is 464 g/mol. The minimum atomic E-state index is -5.08. The maximum atomic E-state index is 10.6. The maximum absolute atomic E-state index is 10.6. The summed E-state index contributed by atoms with van der Waals surface area (Å²) in [7, 11) is 0. The minimum absolute atomic E-state index is 0.461. The second-order valence-corrected chi connectivity index (χ2v) is 6.75. The number of hydrogen-bond acceptors (Lipinski definition) is 6. The average Bonchev–Trinajstić information content (AvgIpc) is 2.75. The van der Waals surface area contributed by atoms with Crippen molar-refractivity contribution in [3.05, 3.63) is 78.1 Å². The molecule has 6 nitrogen and oxygen atoms in total. The van der Waals surface area contributed by atoms with Crippen molar-refractivity contribution in [2.24, 2.45) is 0 Å². The summed E-state index contributed by atoms with van der Waals surface area (Å²) in [4.78, 5) is 17.9. The van der Waals surface area contributed by atoms with E-state index in [2.05, 4.69) is 9.97 Å². The van der Waals surface area contributed by atoms with Crippen molar-refractivity contribution in [2.75, 3.05) is 0 Å². The van der Waals surface area contributed by atoms with Crippen molar-refractivity contribution in [3.8, 4) is 5.75 Å². The first-order valence-electron chi connectivity index (χ1n) is 9.22. The molecule has 10 heteroatoms. The van der Waals surface area contributed by atoms with Gasteiger partial charge >= 0.3 is 12.1 Å². The first-order valence-corrected chi connectivity index (χ1v) is 9.62. The van der Waals surface area contributed by atoms with E-state index in [4.69, 9.17) is 31.6 Å². The Morgan fingerprint density at radius 2 is 1.81 bits per heavy atom. The summed E-state index contributed by atoms with van der Waals surface area (Å²) in [6.45, 7) is 1.83. The van der Waals surface area contributed by atoms with E-state index in [-0.39, 0.29) is 0 Å². The molecule has 0 aliphatic heterocycles. The van der Waals surface area contributed by atoms with Crippen LogP contribution in [-0.4, -0.2) is 38.4 Å². The molecule has 0 spiro atoms. The molecule has 0 aromatic carbocycles. The lowest BCUT2D eigenvalue weighted by molar-refractivity contribution is -0.192. The molecule has 1 N–H and O–H groups in total. The fourth-order valence-corrected chi connectivity index (χ4v) is 2.49. The van der Waals surface area contributed by atoms with Crippen molar-refractivity contribution in [2.45, 2.75) is 25.8 Å². The molecule has 0 radical (unpaired) electrons.